The summed E-state index contributed by atoms with van der Waals surface area (Å²) >= 11 is 8.81. The maximum atomic E-state index is 13.3. The van der Waals surface area contributed by atoms with E-state index in [1.54, 1.807) is 28.8 Å². The van der Waals surface area contributed by atoms with Crippen LogP contribution in [0.3, 0.4) is 0 Å². The summed E-state index contributed by atoms with van der Waals surface area (Å²) in [6.07, 6.45) is -4.37. The minimum Gasteiger partial charge on any atom is -0.268 e. The Labute approximate surface area is 202 Å². The van der Waals surface area contributed by atoms with Gasteiger partial charge in [0.05, 0.1) is 22.2 Å². The summed E-state index contributed by atoms with van der Waals surface area (Å²) in [5, 5.41) is 1.45. The first-order valence-electron chi connectivity index (χ1n) is 9.94. The van der Waals surface area contributed by atoms with Crippen molar-refractivity contribution in [2.75, 3.05) is 11.5 Å². The SMILES string of the molecule is Cc1cccc(-n2c(SCCSc3cccc(C(F)(F)F)c3)nc3cc(Cl)ccc3c2=O)c1. The van der Waals surface area contributed by atoms with E-state index in [0.717, 1.165) is 17.7 Å². The lowest BCUT2D eigenvalue weighted by atomic mass is 10.2. The predicted octanol–water partition coefficient (Wildman–Crippen LogP) is 7.25. The number of nitrogens with zero attached hydrogens (tertiary/aromatic N) is 2. The molecule has 0 saturated heterocycles. The van der Waals surface area contributed by atoms with Gasteiger partial charge in [-0.2, -0.15) is 13.2 Å². The van der Waals surface area contributed by atoms with Crippen LogP contribution in [0.25, 0.3) is 16.6 Å². The van der Waals surface area contributed by atoms with Crippen molar-refractivity contribution >= 4 is 46.0 Å². The number of rotatable bonds is 6. The molecule has 1 aromatic heterocycles. The number of fused-ring (bicyclic) bond motifs is 1. The van der Waals surface area contributed by atoms with Crippen molar-refractivity contribution in [1.82, 2.24) is 9.55 Å². The Hall–Kier alpha value is -2.42. The van der Waals surface area contributed by atoms with Gasteiger partial charge in [0, 0.05) is 21.4 Å². The van der Waals surface area contributed by atoms with Crippen molar-refractivity contribution < 1.29 is 13.2 Å². The average Bonchev–Trinajstić information content (AvgIpc) is 2.76. The lowest BCUT2D eigenvalue weighted by Crippen LogP contribution is -2.22. The molecule has 170 valence electrons. The largest absolute Gasteiger partial charge is 0.416 e. The third-order valence-corrected chi connectivity index (χ3v) is 7.23. The van der Waals surface area contributed by atoms with Crippen LogP contribution in [0.15, 0.2) is 81.6 Å². The number of halogens is 4. The van der Waals surface area contributed by atoms with Crippen LogP contribution in [0.5, 0.6) is 0 Å². The fourth-order valence-corrected chi connectivity index (χ4v) is 5.40. The van der Waals surface area contributed by atoms with Crippen molar-refractivity contribution in [2.45, 2.75) is 23.2 Å². The highest BCUT2D eigenvalue weighted by Gasteiger charge is 2.30. The summed E-state index contributed by atoms with van der Waals surface area (Å²) in [6, 6.07) is 17.8. The number of thioether (sulfide) groups is 2. The van der Waals surface area contributed by atoms with Crippen LogP contribution in [0.4, 0.5) is 13.2 Å². The average molecular weight is 507 g/mol. The van der Waals surface area contributed by atoms with Crippen LogP contribution in [0.1, 0.15) is 11.1 Å². The van der Waals surface area contributed by atoms with Crippen LogP contribution < -0.4 is 5.56 Å². The molecule has 4 rings (SSSR count). The molecule has 1 heterocycles. The summed E-state index contributed by atoms with van der Waals surface area (Å²) in [7, 11) is 0. The van der Waals surface area contributed by atoms with E-state index >= 15 is 0 Å². The van der Waals surface area contributed by atoms with Gasteiger partial charge in [-0.3, -0.25) is 9.36 Å². The topological polar surface area (TPSA) is 34.9 Å². The number of aryl methyl sites for hydroxylation is 1. The van der Waals surface area contributed by atoms with E-state index in [1.165, 1.54) is 29.6 Å². The smallest absolute Gasteiger partial charge is 0.268 e. The van der Waals surface area contributed by atoms with Gasteiger partial charge in [0.1, 0.15) is 0 Å². The second kappa shape index (κ2) is 9.83. The zero-order valence-corrected chi connectivity index (χ0v) is 19.8. The maximum Gasteiger partial charge on any atom is 0.416 e. The van der Waals surface area contributed by atoms with E-state index in [9.17, 15) is 18.0 Å². The Morgan fingerprint density at radius 3 is 2.48 bits per heavy atom. The van der Waals surface area contributed by atoms with Crippen molar-refractivity contribution in [3.05, 3.63) is 93.2 Å². The first-order chi connectivity index (χ1) is 15.7. The summed E-state index contributed by atoms with van der Waals surface area (Å²) in [5.74, 6) is 1.09. The number of benzene rings is 3. The molecule has 0 atom stereocenters. The lowest BCUT2D eigenvalue weighted by Gasteiger charge is -2.14. The first-order valence-corrected chi connectivity index (χ1v) is 12.3. The van der Waals surface area contributed by atoms with E-state index in [1.807, 2.05) is 31.2 Å². The fourth-order valence-electron chi connectivity index (χ4n) is 3.28. The van der Waals surface area contributed by atoms with Gasteiger partial charge in [0.15, 0.2) is 5.16 Å². The molecular formula is C24H18ClF3N2OS2. The zero-order chi connectivity index (χ0) is 23.6. The van der Waals surface area contributed by atoms with E-state index in [4.69, 9.17) is 11.6 Å². The molecular weight excluding hydrogens is 489 g/mol. The molecule has 0 amide bonds. The van der Waals surface area contributed by atoms with Gasteiger partial charge in [-0.1, -0.05) is 41.6 Å². The molecule has 0 aliphatic rings. The van der Waals surface area contributed by atoms with Gasteiger partial charge < -0.3 is 0 Å². The molecule has 0 aliphatic carbocycles. The van der Waals surface area contributed by atoms with Gasteiger partial charge in [0.2, 0.25) is 0 Å². The molecule has 33 heavy (non-hydrogen) atoms. The van der Waals surface area contributed by atoms with Crippen molar-refractivity contribution in [3.63, 3.8) is 0 Å². The standard InChI is InChI=1S/C24H18ClF3N2OS2/c1-15-4-2-6-18(12-15)30-22(31)20-9-8-17(25)14-21(20)29-23(30)33-11-10-32-19-7-3-5-16(13-19)24(26,27)28/h2-9,12-14H,10-11H2,1H3. The van der Waals surface area contributed by atoms with Crippen LogP contribution in [0.2, 0.25) is 5.02 Å². The summed E-state index contributed by atoms with van der Waals surface area (Å²) < 4.78 is 40.4. The predicted molar refractivity (Wildman–Crippen MR) is 130 cm³/mol. The molecule has 0 N–H and O–H groups in total. The number of aromatic nitrogens is 2. The van der Waals surface area contributed by atoms with Gasteiger partial charge in [0.25, 0.3) is 5.56 Å². The van der Waals surface area contributed by atoms with E-state index in [2.05, 4.69) is 4.98 Å². The maximum absolute atomic E-state index is 13.3. The Bertz CT molecular complexity index is 1370. The summed E-state index contributed by atoms with van der Waals surface area (Å²) in [5.41, 5.74) is 1.35. The Kier molecular flexibility index (Phi) is 7.07. The monoisotopic (exact) mass is 506 g/mol. The zero-order valence-electron chi connectivity index (χ0n) is 17.4. The molecule has 3 nitrogen and oxygen atoms in total. The van der Waals surface area contributed by atoms with Gasteiger partial charge in [-0.05, 0) is 61.0 Å². The molecule has 0 saturated carbocycles. The molecule has 0 fully saturated rings. The van der Waals surface area contributed by atoms with Crippen molar-refractivity contribution in [2.24, 2.45) is 0 Å². The minimum absolute atomic E-state index is 0.199. The highest BCUT2D eigenvalue weighted by molar-refractivity contribution is 8.02. The molecule has 0 radical (unpaired) electrons. The molecule has 0 unspecified atom stereocenters. The Morgan fingerprint density at radius 1 is 0.970 bits per heavy atom. The molecule has 3 aromatic carbocycles. The van der Waals surface area contributed by atoms with Crippen LogP contribution in [0, 0.1) is 6.92 Å². The van der Waals surface area contributed by atoms with Crippen molar-refractivity contribution in [3.8, 4) is 5.69 Å². The molecule has 0 bridgehead atoms. The highest BCUT2D eigenvalue weighted by Crippen LogP contribution is 2.32. The van der Waals surface area contributed by atoms with Gasteiger partial charge in [-0.15, -0.1) is 11.8 Å². The summed E-state index contributed by atoms with van der Waals surface area (Å²) in [4.78, 5) is 18.5. The van der Waals surface area contributed by atoms with E-state index < -0.39 is 11.7 Å². The molecule has 0 aliphatic heterocycles. The van der Waals surface area contributed by atoms with Crippen molar-refractivity contribution in [1.29, 1.82) is 0 Å². The second-order valence-corrected chi connectivity index (χ2v) is 9.92. The second-order valence-electron chi connectivity index (χ2n) is 7.26. The number of hydrogen-bond acceptors (Lipinski definition) is 4. The third kappa shape index (κ3) is 5.57. The minimum atomic E-state index is -4.37. The van der Waals surface area contributed by atoms with Crippen LogP contribution in [-0.4, -0.2) is 21.1 Å². The van der Waals surface area contributed by atoms with Crippen LogP contribution in [-0.2, 0) is 6.18 Å². The number of alkyl halides is 3. The molecule has 9 heteroatoms. The summed E-state index contributed by atoms with van der Waals surface area (Å²) in [6.45, 7) is 1.95. The Balaban J connectivity index is 1.60. The molecule has 0 spiro atoms. The number of hydrogen-bond donors (Lipinski definition) is 0. The van der Waals surface area contributed by atoms with Gasteiger partial charge in [-0.25, -0.2) is 4.98 Å². The fraction of sp³-hybridized carbons (Fsp3) is 0.167. The van der Waals surface area contributed by atoms with E-state index in [0.29, 0.717) is 43.2 Å². The normalized spacial score (nSPS) is 11.8. The van der Waals surface area contributed by atoms with Crippen LogP contribution >= 0.6 is 35.1 Å². The van der Waals surface area contributed by atoms with E-state index in [-0.39, 0.29) is 5.56 Å². The first kappa shape index (κ1) is 23.7. The third-order valence-electron chi connectivity index (χ3n) is 4.81. The quantitative estimate of drug-likeness (QED) is 0.157. The highest BCUT2D eigenvalue weighted by atomic mass is 35.5. The molecule has 4 aromatic rings. The Morgan fingerprint density at radius 2 is 1.73 bits per heavy atom. The van der Waals surface area contributed by atoms with Gasteiger partial charge >= 0.3 is 6.18 Å². The lowest BCUT2D eigenvalue weighted by molar-refractivity contribution is -0.137.